The fourth-order valence-electron chi connectivity index (χ4n) is 2.17. The maximum Gasteiger partial charge on any atom is 0.244 e. The Hall–Kier alpha value is -1.35. The largest absolute Gasteiger partial charge is 0.311 e. The third-order valence-electron chi connectivity index (χ3n) is 3.10. The highest BCUT2D eigenvalue weighted by Gasteiger charge is 2.26. The van der Waals surface area contributed by atoms with Crippen LogP contribution in [0.15, 0.2) is 30.3 Å². The van der Waals surface area contributed by atoms with Crippen molar-refractivity contribution >= 4 is 11.6 Å². The van der Waals surface area contributed by atoms with Gasteiger partial charge in [0.25, 0.3) is 0 Å². The van der Waals surface area contributed by atoms with Gasteiger partial charge in [-0.2, -0.15) is 0 Å². The van der Waals surface area contributed by atoms with E-state index in [4.69, 9.17) is 0 Å². The second-order valence-corrected chi connectivity index (χ2v) is 4.16. The Balaban J connectivity index is 2.22. The predicted molar refractivity (Wildman–Crippen MR) is 65.5 cm³/mol. The molecule has 0 spiro atoms. The summed E-state index contributed by atoms with van der Waals surface area (Å²) < 4.78 is 0. The minimum absolute atomic E-state index is 0.0253. The van der Waals surface area contributed by atoms with E-state index >= 15 is 0 Å². The van der Waals surface area contributed by atoms with Crippen LogP contribution in [0, 0.1) is 0 Å². The van der Waals surface area contributed by atoms with Gasteiger partial charge in [-0.1, -0.05) is 18.2 Å². The quantitative estimate of drug-likeness (QED) is 0.820. The molecule has 1 aromatic rings. The maximum absolute atomic E-state index is 12.2. The number of amides is 1. The van der Waals surface area contributed by atoms with Crippen molar-refractivity contribution in [3.8, 4) is 0 Å². The van der Waals surface area contributed by atoms with Gasteiger partial charge in [-0.25, -0.2) is 0 Å². The summed E-state index contributed by atoms with van der Waals surface area (Å²) in [6.07, 6.45) is 3.14. The molecule has 1 fully saturated rings. The molecular weight excluding hydrogens is 200 g/mol. The van der Waals surface area contributed by atoms with Crippen LogP contribution in [0.25, 0.3) is 0 Å². The van der Waals surface area contributed by atoms with E-state index in [-0.39, 0.29) is 11.9 Å². The zero-order valence-electron chi connectivity index (χ0n) is 9.65. The Morgan fingerprint density at radius 3 is 2.69 bits per heavy atom. The lowest BCUT2D eigenvalue weighted by molar-refractivity contribution is -0.120. The van der Waals surface area contributed by atoms with Crippen molar-refractivity contribution in [2.45, 2.75) is 25.3 Å². The van der Waals surface area contributed by atoms with Crippen LogP contribution < -0.4 is 10.2 Å². The first-order valence-electron chi connectivity index (χ1n) is 5.86. The Bertz CT molecular complexity index is 350. The van der Waals surface area contributed by atoms with Crippen molar-refractivity contribution in [1.82, 2.24) is 5.32 Å². The number of likely N-dealkylation sites (N-methyl/N-ethyl adjacent to an activating group) is 1. The summed E-state index contributed by atoms with van der Waals surface area (Å²) in [5, 5.41) is 3.10. The van der Waals surface area contributed by atoms with Gasteiger partial charge in [0.15, 0.2) is 0 Å². The lowest BCUT2D eigenvalue weighted by Gasteiger charge is -2.24. The summed E-state index contributed by atoms with van der Waals surface area (Å²) in [5.74, 6) is 0.200. The van der Waals surface area contributed by atoms with E-state index < -0.39 is 0 Å². The van der Waals surface area contributed by atoms with E-state index in [2.05, 4.69) is 5.32 Å². The second-order valence-electron chi connectivity index (χ2n) is 4.16. The zero-order chi connectivity index (χ0) is 11.4. The second kappa shape index (κ2) is 5.12. The molecule has 1 heterocycles. The molecule has 1 saturated heterocycles. The van der Waals surface area contributed by atoms with Gasteiger partial charge in [0, 0.05) is 12.2 Å². The monoisotopic (exact) mass is 218 g/mol. The zero-order valence-corrected chi connectivity index (χ0v) is 9.65. The first-order chi connectivity index (χ1) is 7.83. The number of para-hydroxylation sites is 1. The van der Waals surface area contributed by atoms with Crippen molar-refractivity contribution in [2.75, 3.05) is 18.5 Å². The minimum atomic E-state index is -0.0253. The van der Waals surface area contributed by atoms with Crippen molar-refractivity contribution in [3.05, 3.63) is 30.3 Å². The van der Waals surface area contributed by atoms with Gasteiger partial charge in [0.2, 0.25) is 5.91 Å². The molecule has 1 atom stereocenters. The number of carbonyl (C=O) groups excluding carboxylic acids is 1. The Labute approximate surface area is 96.5 Å². The molecule has 0 saturated carbocycles. The van der Waals surface area contributed by atoms with Gasteiger partial charge in [-0.3, -0.25) is 4.79 Å². The summed E-state index contributed by atoms with van der Waals surface area (Å²) in [7, 11) is 1.86. The molecule has 1 aromatic carbocycles. The summed E-state index contributed by atoms with van der Waals surface area (Å²) in [6.45, 7) is 0.834. The van der Waals surface area contributed by atoms with Crippen molar-refractivity contribution < 1.29 is 4.79 Å². The fraction of sp³-hybridized carbons (Fsp3) is 0.462. The number of nitrogens with one attached hydrogen (secondary N) is 1. The molecule has 1 amide bonds. The summed E-state index contributed by atoms with van der Waals surface area (Å²) in [4.78, 5) is 14.1. The van der Waals surface area contributed by atoms with Crippen LogP contribution in [0.2, 0.25) is 0 Å². The highest BCUT2D eigenvalue weighted by atomic mass is 16.2. The molecule has 0 radical (unpaired) electrons. The molecule has 0 bridgehead atoms. The highest BCUT2D eigenvalue weighted by molar-refractivity contribution is 5.97. The lowest BCUT2D eigenvalue weighted by Crippen LogP contribution is -2.44. The van der Waals surface area contributed by atoms with Gasteiger partial charge in [-0.15, -0.1) is 0 Å². The van der Waals surface area contributed by atoms with E-state index in [1.165, 1.54) is 0 Å². The Morgan fingerprint density at radius 1 is 1.25 bits per heavy atom. The van der Waals surface area contributed by atoms with E-state index in [0.29, 0.717) is 0 Å². The molecular formula is C13H18N2O. The maximum atomic E-state index is 12.2. The van der Waals surface area contributed by atoms with Crippen LogP contribution in [0.1, 0.15) is 19.3 Å². The smallest absolute Gasteiger partial charge is 0.244 e. The first kappa shape index (κ1) is 11.1. The molecule has 0 aromatic heterocycles. The third-order valence-corrected chi connectivity index (χ3v) is 3.10. The highest BCUT2D eigenvalue weighted by Crippen LogP contribution is 2.20. The lowest BCUT2D eigenvalue weighted by atomic mass is 10.1. The van der Waals surface area contributed by atoms with Crippen LogP contribution >= 0.6 is 0 Å². The molecule has 1 unspecified atom stereocenters. The van der Waals surface area contributed by atoms with Crippen molar-refractivity contribution in [1.29, 1.82) is 0 Å². The van der Waals surface area contributed by atoms with Gasteiger partial charge < -0.3 is 10.2 Å². The molecule has 0 aliphatic carbocycles. The third kappa shape index (κ3) is 2.25. The predicted octanol–water partition coefficient (Wildman–Crippen LogP) is 1.79. The summed E-state index contributed by atoms with van der Waals surface area (Å²) >= 11 is 0. The van der Waals surface area contributed by atoms with Crippen LogP contribution in [0.5, 0.6) is 0 Å². The van der Waals surface area contributed by atoms with Gasteiger partial charge in [0.1, 0.15) is 0 Å². The number of benzene rings is 1. The SMILES string of the molecule is CNC1CCCCN(c2ccccc2)C1=O. The number of carbonyl (C=O) groups is 1. The van der Waals surface area contributed by atoms with Crippen LogP contribution in [-0.4, -0.2) is 25.5 Å². The average molecular weight is 218 g/mol. The molecule has 86 valence electrons. The fourth-order valence-corrected chi connectivity index (χ4v) is 2.17. The Kier molecular flexibility index (Phi) is 3.57. The standard InChI is InChI=1S/C13H18N2O/c1-14-12-9-5-6-10-15(13(12)16)11-7-3-2-4-8-11/h2-4,7-8,12,14H,5-6,9-10H2,1H3. The van der Waals surface area contributed by atoms with Crippen LogP contribution in [0.4, 0.5) is 5.69 Å². The molecule has 16 heavy (non-hydrogen) atoms. The van der Waals surface area contributed by atoms with Crippen LogP contribution in [-0.2, 0) is 4.79 Å². The van der Waals surface area contributed by atoms with E-state index in [9.17, 15) is 4.79 Å². The number of nitrogens with zero attached hydrogens (tertiary/aromatic N) is 1. The van der Waals surface area contributed by atoms with Gasteiger partial charge in [0.05, 0.1) is 6.04 Å². The topological polar surface area (TPSA) is 32.3 Å². The molecule has 2 rings (SSSR count). The normalized spacial score (nSPS) is 21.9. The van der Waals surface area contributed by atoms with Gasteiger partial charge >= 0.3 is 0 Å². The van der Waals surface area contributed by atoms with Crippen molar-refractivity contribution in [2.24, 2.45) is 0 Å². The summed E-state index contributed by atoms with van der Waals surface area (Å²) in [6, 6.07) is 9.89. The van der Waals surface area contributed by atoms with E-state index in [1.807, 2.05) is 42.3 Å². The summed E-state index contributed by atoms with van der Waals surface area (Å²) in [5.41, 5.74) is 1.01. The van der Waals surface area contributed by atoms with Crippen molar-refractivity contribution in [3.63, 3.8) is 0 Å². The molecule has 3 heteroatoms. The average Bonchev–Trinajstić information content (AvgIpc) is 2.52. The molecule has 1 aliphatic rings. The Morgan fingerprint density at radius 2 is 2.00 bits per heavy atom. The number of hydrogen-bond acceptors (Lipinski definition) is 2. The number of anilines is 1. The van der Waals surface area contributed by atoms with Gasteiger partial charge in [-0.05, 0) is 38.4 Å². The van der Waals surface area contributed by atoms with E-state index in [0.717, 1.165) is 31.5 Å². The molecule has 3 nitrogen and oxygen atoms in total. The minimum Gasteiger partial charge on any atom is -0.311 e. The molecule has 1 aliphatic heterocycles. The van der Waals surface area contributed by atoms with E-state index in [1.54, 1.807) is 0 Å². The number of hydrogen-bond donors (Lipinski definition) is 1. The molecule has 1 N–H and O–H groups in total. The number of rotatable bonds is 2. The van der Waals surface area contributed by atoms with Crippen LogP contribution in [0.3, 0.4) is 0 Å². The first-order valence-corrected chi connectivity index (χ1v) is 5.86.